The minimum atomic E-state index is -0.866. The first-order chi connectivity index (χ1) is 16.7. The fourth-order valence-corrected chi connectivity index (χ4v) is 6.31. The molecule has 2 saturated heterocycles. The van der Waals surface area contributed by atoms with Gasteiger partial charge in [-0.3, -0.25) is 14.4 Å². The van der Waals surface area contributed by atoms with E-state index < -0.39 is 35.6 Å². The number of carbonyl (C=O) groups is 3. The number of carbonyl (C=O) groups excluding carboxylic acids is 3. The number of hydrogen-bond donors (Lipinski definition) is 1. The highest BCUT2D eigenvalue weighted by atomic mass is 16.6. The normalized spacial score (nSPS) is 30.3. The van der Waals surface area contributed by atoms with Gasteiger partial charge >= 0.3 is 5.97 Å². The van der Waals surface area contributed by atoms with Crippen LogP contribution in [-0.2, 0) is 23.9 Å². The molecule has 1 aliphatic carbocycles. The molecule has 4 aliphatic rings. The predicted octanol–water partition coefficient (Wildman–Crippen LogP) is 3.61. The molecule has 7 nitrogen and oxygen atoms in total. The van der Waals surface area contributed by atoms with Crippen LogP contribution < -0.4 is 10.2 Å². The van der Waals surface area contributed by atoms with Crippen molar-refractivity contribution in [2.75, 3.05) is 11.4 Å². The van der Waals surface area contributed by atoms with Crippen molar-refractivity contribution < 1.29 is 23.9 Å². The Hall–Kier alpha value is -2.67. The summed E-state index contributed by atoms with van der Waals surface area (Å²) in [5.41, 5.74) is 2.13. The third kappa shape index (κ3) is 4.39. The van der Waals surface area contributed by atoms with Crippen LogP contribution in [0.25, 0.3) is 0 Å². The van der Waals surface area contributed by atoms with Crippen molar-refractivity contribution in [1.82, 2.24) is 5.32 Å². The van der Waals surface area contributed by atoms with Gasteiger partial charge in [0.05, 0.1) is 18.6 Å². The molecule has 1 N–H and O–H groups in total. The molecule has 0 aromatic heterocycles. The van der Waals surface area contributed by atoms with Crippen LogP contribution >= 0.6 is 0 Å². The lowest BCUT2D eigenvalue weighted by atomic mass is 9.77. The molecular formula is C28H36N2O5. The van der Waals surface area contributed by atoms with Crippen LogP contribution in [-0.4, -0.2) is 48.2 Å². The Bertz CT molecular complexity index is 1040. The van der Waals surface area contributed by atoms with Crippen LogP contribution in [0.5, 0.6) is 0 Å². The van der Waals surface area contributed by atoms with Crippen molar-refractivity contribution in [1.29, 1.82) is 0 Å². The summed E-state index contributed by atoms with van der Waals surface area (Å²) in [5, 5.41) is 3.07. The minimum Gasteiger partial charge on any atom is -0.452 e. The summed E-state index contributed by atoms with van der Waals surface area (Å²) in [6.07, 6.45) is 7.02. The van der Waals surface area contributed by atoms with Crippen LogP contribution in [0.15, 0.2) is 30.4 Å². The van der Waals surface area contributed by atoms with E-state index in [1.807, 2.05) is 52.0 Å². The van der Waals surface area contributed by atoms with Crippen LogP contribution in [0.1, 0.15) is 57.1 Å². The Morgan fingerprint density at radius 3 is 2.51 bits per heavy atom. The van der Waals surface area contributed by atoms with Crippen LogP contribution in [0.4, 0.5) is 5.69 Å². The van der Waals surface area contributed by atoms with Gasteiger partial charge in [-0.1, -0.05) is 44.9 Å². The molecule has 0 radical (unpaired) electrons. The highest BCUT2D eigenvalue weighted by Crippen LogP contribution is 2.53. The second-order valence-corrected chi connectivity index (χ2v) is 11.2. The average Bonchev–Trinajstić information content (AvgIpc) is 3.54. The first kappa shape index (κ1) is 24.0. The van der Waals surface area contributed by atoms with Crippen molar-refractivity contribution in [2.24, 2.45) is 17.8 Å². The number of hydrogen-bond acceptors (Lipinski definition) is 5. The van der Waals surface area contributed by atoms with Gasteiger partial charge in [0.25, 0.3) is 5.91 Å². The quantitative estimate of drug-likeness (QED) is 0.476. The molecule has 188 valence electrons. The first-order valence-corrected chi connectivity index (χ1v) is 12.9. The van der Waals surface area contributed by atoms with Crippen molar-refractivity contribution >= 4 is 23.5 Å². The Morgan fingerprint density at radius 1 is 1.17 bits per heavy atom. The number of nitrogens with zero attached hydrogens (tertiary/aromatic N) is 1. The summed E-state index contributed by atoms with van der Waals surface area (Å²) >= 11 is 0. The molecule has 2 bridgehead atoms. The molecule has 3 fully saturated rings. The smallest absolute Gasteiger partial charge is 0.313 e. The summed E-state index contributed by atoms with van der Waals surface area (Å²) in [4.78, 5) is 41.9. The van der Waals surface area contributed by atoms with E-state index in [1.54, 1.807) is 4.90 Å². The maximum Gasteiger partial charge on any atom is 0.313 e. The first-order valence-electron chi connectivity index (χ1n) is 12.9. The summed E-state index contributed by atoms with van der Waals surface area (Å²) < 4.78 is 12.1. The lowest BCUT2D eigenvalue weighted by Gasteiger charge is -2.26. The largest absolute Gasteiger partial charge is 0.452 e. The van der Waals surface area contributed by atoms with E-state index in [0.29, 0.717) is 13.0 Å². The van der Waals surface area contributed by atoms with Gasteiger partial charge in [-0.2, -0.15) is 0 Å². The lowest BCUT2D eigenvalue weighted by molar-refractivity contribution is -0.163. The minimum absolute atomic E-state index is 0.125. The van der Waals surface area contributed by atoms with E-state index in [-0.39, 0.29) is 23.8 Å². The molecule has 1 aromatic carbocycles. The number of ether oxygens (including phenoxy) is 2. The number of rotatable bonds is 7. The Morgan fingerprint density at radius 2 is 1.86 bits per heavy atom. The highest BCUT2D eigenvalue weighted by Gasteiger charge is 2.67. The third-order valence-electron chi connectivity index (χ3n) is 7.83. The monoisotopic (exact) mass is 480 g/mol. The summed E-state index contributed by atoms with van der Waals surface area (Å²) in [6, 6.07) is 6.18. The summed E-state index contributed by atoms with van der Waals surface area (Å²) in [5.74, 6) is -2.10. The molecule has 3 aliphatic heterocycles. The number of anilines is 1. The molecule has 7 heteroatoms. The van der Waals surface area contributed by atoms with Crippen molar-refractivity contribution in [3.05, 3.63) is 41.5 Å². The lowest BCUT2D eigenvalue weighted by Crippen LogP contribution is -2.46. The zero-order valence-corrected chi connectivity index (χ0v) is 21.1. The molecule has 1 spiro atoms. The van der Waals surface area contributed by atoms with Crippen molar-refractivity contribution in [2.45, 2.75) is 83.6 Å². The third-order valence-corrected chi connectivity index (χ3v) is 7.83. The Kier molecular flexibility index (Phi) is 6.24. The van der Waals surface area contributed by atoms with Crippen LogP contribution in [0.2, 0.25) is 0 Å². The van der Waals surface area contributed by atoms with Gasteiger partial charge in [-0.05, 0) is 62.3 Å². The summed E-state index contributed by atoms with van der Waals surface area (Å²) in [6.45, 7) is 8.38. The number of benzene rings is 1. The van der Waals surface area contributed by atoms with Gasteiger partial charge in [0.2, 0.25) is 5.91 Å². The number of fused-ring (bicyclic) bond motifs is 1. The number of nitrogens with one attached hydrogen (secondary N) is 1. The zero-order valence-electron chi connectivity index (χ0n) is 21.1. The van der Waals surface area contributed by atoms with Gasteiger partial charge in [-0.25, -0.2) is 0 Å². The van der Waals surface area contributed by atoms with Crippen molar-refractivity contribution in [3.63, 3.8) is 0 Å². The molecule has 1 aromatic rings. The van der Waals surface area contributed by atoms with E-state index in [2.05, 4.69) is 11.4 Å². The van der Waals surface area contributed by atoms with E-state index in [4.69, 9.17) is 9.47 Å². The van der Waals surface area contributed by atoms with E-state index >= 15 is 0 Å². The fraction of sp³-hybridized carbons (Fsp3) is 0.607. The van der Waals surface area contributed by atoms with Crippen LogP contribution in [0, 0.1) is 31.6 Å². The second kappa shape index (κ2) is 9.08. The van der Waals surface area contributed by atoms with Gasteiger partial charge in [0.15, 0.2) is 6.10 Å². The van der Waals surface area contributed by atoms with Crippen LogP contribution in [0.3, 0.4) is 0 Å². The SMILES string of the molecule is Cc1cc(C)cc(N2C[C@@]34C=C[C@@H](O3)[C@H](C(=O)O[C@H](CC(C)C)C(=O)NC3CCCC3)[C@H]4C2=O)c1. The second-order valence-electron chi connectivity index (χ2n) is 11.2. The standard InChI is InChI=1S/C28H36N2O5/c1-16(2)11-22(25(31)29-19-7-5-6-8-19)34-27(33)23-21-9-10-28(35-21)15-30(26(32)24(23)28)20-13-17(3)12-18(4)14-20/h9-10,12-14,16,19,21-24H,5-8,11,15H2,1-4H3,(H,29,31)/t21-,22-,23+,24+,28-/m1/s1. The molecule has 2 amide bonds. The predicted molar refractivity (Wildman–Crippen MR) is 132 cm³/mol. The average molecular weight is 481 g/mol. The molecule has 1 saturated carbocycles. The molecule has 0 unspecified atom stereocenters. The van der Waals surface area contributed by atoms with E-state index in [0.717, 1.165) is 42.5 Å². The highest BCUT2D eigenvalue weighted by molar-refractivity contribution is 6.03. The molecule has 35 heavy (non-hydrogen) atoms. The topological polar surface area (TPSA) is 84.9 Å². The maximum absolute atomic E-state index is 13.7. The Balaban J connectivity index is 1.35. The number of aryl methyl sites for hydroxylation is 2. The Labute approximate surface area is 207 Å². The molecule has 5 atom stereocenters. The zero-order chi connectivity index (χ0) is 24.9. The van der Waals surface area contributed by atoms with Gasteiger partial charge in [0, 0.05) is 11.7 Å². The van der Waals surface area contributed by atoms with E-state index in [1.165, 1.54) is 0 Å². The van der Waals surface area contributed by atoms with Gasteiger partial charge in [-0.15, -0.1) is 0 Å². The summed E-state index contributed by atoms with van der Waals surface area (Å²) in [7, 11) is 0. The van der Waals surface area contributed by atoms with E-state index in [9.17, 15) is 14.4 Å². The van der Waals surface area contributed by atoms with Gasteiger partial charge in [0.1, 0.15) is 11.5 Å². The number of amides is 2. The van der Waals surface area contributed by atoms with Gasteiger partial charge < -0.3 is 19.7 Å². The molecule has 3 heterocycles. The molecule has 5 rings (SSSR count). The number of esters is 1. The fourth-order valence-electron chi connectivity index (χ4n) is 6.31. The molecular weight excluding hydrogens is 444 g/mol. The maximum atomic E-state index is 13.7. The van der Waals surface area contributed by atoms with Crippen molar-refractivity contribution in [3.8, 4) is 0 Å².